The maximum Gasteiger partial charge on any atom is 0.273 e. The van der Waals surface area contributed by atoms with Crippen LogP contribution in [0.5, 0.6) is 0 Å². The number of likely N-dealkylation sites (N-methyl/N-ethyl adjacent to an activating group) is 1. The Bertz CT molecular complexity index is 839. The minimum absolute atomic E-state index is 0.0644. The topological polar surface area (TPSA) is 78.4 Å². The second-order valence-corrected chi connectivity index (χ2v) is 7.11. The van der Waals surface area contributed by atoms with Gasteiger partial charge in [-0.2, -0.15) is 0 Å². The molecule has 1 N–H and O–H groups in total. The summed E-state index contributed by atoms with van der Waals surface area (Å²) >= 11 is 0. The number of nitrogens with zero attached hydrogens (tertiary/aromatic N) is 4. The molecule has 2 aromatic heterocycles. The van der Waals surface area contributed by atoms with E-state index in [1.165, 1.54) is 0 Å². The monoisotopic (exact) mass is 381 g/mol. The molecule has 7 nitrogen and oxygen atoms in total. The molecule has 1 aliphatic rings. The van der Waals surface area contributed by atoms with Crippen LogP contribution in [0.2, 0.25) is 0 Å². The number of hydrogen-bond donors (Lipinski definition) is 1. The van der Waals surface area contributed by atoms with E-state index in [0.717, 1.165) is 36.3 Å². The zero-order valence-corrected chi connectivity index (χ0v) is 16.5. The predicted molar refractivity (Wildman–Crippen MR) is 108 cm³/mol. The molecule has 28 heavy (non-hydrogen) atoms. The normalized spacial score (nSPS) is 16.3. The van der Waals surface area contributed by atoms with Crippen LogP contribution in [0, 0.1) is 6.92 Å². The number of aryl methyl sites for hydroxylation is 2. The number of rotatable bonds is 1. The summed E-state index contributed by atoms with van der Waals surface area (Å²) in [6, 6.07) is 9.62. The number of pyridine rings is 2. The molecule has 3 rings (SSSR count). The number of aromatic nitrogens is 2. The predicted octanol–water partition coefficient (Wildman–Crippen LogP) is 2.13. The Balaban J connectivity index is 1.77. The van der Waals surface area contributed by atoms with Crippen LogP contribution >= 0.6 is 0 Å². The van der Waals surface area contributed by atoms with Crippen molar-refractivity contribution in [2.45, 2.75) is 26.2 Å². The third-order valence-electron chi connectivity index (χ3n) is 4.92. The van der Waals surface area contributed by atoms with Crippen molar-refractivity contribution in [2.75, 3.05) is 38.5 Å². The molecule has 1 aliphatic heterocycles. The van der Waals surface area contributed by atoms with Crippen LogP contribution in [0.15, 0.2) is 36.5 Å². The largest absolute Gasteiger partial charge is 0.368 e. The van der Waals surface area contributed by atoms with Gasteiger partial charge in [-0.05, 0) is 49.9 Å². The molecule has 0 unspecified atom stereocenters. The summed E-state index contributed by atoms with van der Waals surface area (Å²) < 4.78 is 0. The highest BCUT2D eigenvalue weighted by Crippen LogP contribution is 2.12. The van der Waals surface area contributed by atoms with Gasteiger partial charge in [-0.25, -0.2) is 4.98 Å². The van der Waals surface area contributed by atoms with Crippen molar-refractivity contribution >= 4 is 17.6 Å². The summed E-state index contributed by atoms with van der Waals surface area (Å²) in [6.45, 7) is 3.59. The second kappa shape index (κ2) is 9.30. The fourth-order valence-corrected chi connectivity index (χ4v) is 3.20. The summed E-state index contributed by atoms with van der Waals surface area (Å²) in [5, 5.41) is 3.26. The van der Waals surface area contributed by atoms with Crippen molar-refractivity contribution in [3.05, 3.63) is 53.5 Å². The molecule has 0 saturated heterocycles. The maximum absolute atomic E-state index is 13.0. The summed E-state index contributed by atoms with van der Waals surface area (Å²) in [5.41, 5.74) is 2.26. The van der Waals surface area contributed by atoms with Gasteiger partial charge in [0, 0.05) is 38.6 Å². The Morgan fingerprint density at radius 1 is 1.14 bits per heavy atom. The first-order valence-corrected chi connectivity index (χ1v) is 9.69. The van der Waals surface area contributed by atoms with Gasteiger partial charge in [0.15, 0.2) is 0 Å². The van der Waals surface area contributed by atoms with E-state index < -0.39 is 0 Å². The van der Waals surface area contributed by atoms with Gasteiger partial charge >= 0.3 is 0 Å². The lowest BCUT2D eigenvalue weighted by Crippen LogP contribution is -2.43. The SMILES string of the molecule is Cc1cccnc1C(=O)N1CCCCc2cccc(n2)NCCN(C)C(=O)C1. The summed E-state index contributed by atoms with van der Waals surface area (Å²) in [6.07, 6.45) is 4.15. The zero-order chi connectivity index (χ0) is 19.9. The van der Waals surface area contributed by atoms with Gasteiger partial charge in [0.2, 0.25) is 5.91 Å². The summed E-state index contributed by atoms with van der Waals surface area (Å²) in [5.74, 6) is 0.561. The van der Waals surface area contributed by atoms with Gasteiger partial charge in [-0.1, -0.05) is 12.1 Å². The van der Waals surface area contributed by atoms with Crippen LogP contribution in [0.4, 0.5) is 5.82 Å². The standard InChI is InChI=1S/C21H27N5O2/c1-16-7-6-11-23-20(16)21(28)26-13-4-3-8-17-9-5-10-18(24-17)22-12-14-25(2)19(27)15-26/h5-7,9-11H,3-4,8,12-15H2,1-2H3,(H,22,24). The highest BCUT2D eigenvalue weighted by atomic mass is 16.2. The van der Waals surface area contributed by atoms with Crippen molar-refractivity contribution in [3.63, 3.8) is 0 Å². The van der Waals surface area contributed by atoms with Crippen LogP contribution < -0.4 is 5.32 Å². The van der Waals surface area contributed by atoms with Gasteiger partial charge in [-0.3, -0.25) is 14.6 Å². The third kappa shape index (κ3) is 5.06. The van der Waals surface area contributed by atoms with Crippen molar-refractivity contribution in [1.82, 2.24) is 19.8 Å². The average Bonchev–Trinajstić information content (AvgIpc) is 2.69. The number of nitrogens with one attached hydrogen (secondary N) is 1. The summed E-state index contributed by atoms with van der Waals surface area (Å²) in [7, 11) is 1.76. The molecule has 0 spiro atoms. The van der Waals surface area contributed by atoms with Gasteiger partial charge in [0.25, 0.3) is 5.91 Å². The average molecular weight is 381 g/mol. The quantitative estimate of drug-likeness (QED) is 0.819. The first kappa shape index (κ1) is 19.8. The maximum atomic E-state index is 13.0. The van der Waals surface area contributed by atoms with E-state index in [4.69, 9.17) is 0 Å². The van der Waals surface area contributed by atoms with E-state index in [2.05, 4.69) is 15.3 Å². The molecule has 0 atom stereocenters. The highest BCUT2D eigenvalue weighted by Gasteiger charge is 2.22. The lowest BCUT2D eigenvalue weighted by atomic mass is 10.1. The number of hydrogen-bond acceptors (Lipinski definition) is 5. The Kier molecular flexibility index (Phi) is 6.57. The van der Waals surface area contributed by atoms with Crippen molar-refractivity contribution in [1.29, 1.82) is 0 Å². The molecule has 0 fully saturated rings. The van der Waals surface area contributed by atoms with Crippen LogP contribution in [-0.4, -0.2) is 64.8 Å². The molecule has 148 valence electrons. The van der Waals surface area contributed by atoms with E-state index in [1.54, 1.807) is 23.0 Å². The number of fused-ring (bicyclic) bond motifs is 2. The lowest BCUT2D eigenvalue weighted by Gasteiger charge is -2.26. The molecule has 7 heteroatoms. The molecular formula is C21H27N5O2. The number of anilines is 1. The second-order valence-electron chi connectivity index (χ2n) is 7.11. The van der Waals surface area contributed by atoms with Crippen molar-refractivity contribution in [2.24, 2.45) is 0 Å². The fourth-order valence-electron chi connectivity index (χ4n) is 3.20. The van der Waals surface area contributed by atoms with Crippen LogP contribution in [0.3, 0.4) is 0 Å². The molecule has 3 heterocycles. The zero-order valence-electron chi connectivity index (χ0n) is 16.5. The molecule has 0 aromatic carbocycles. The Hall–Kier alpha value is -2.96. The Morgan fingerprint density at radius 3 is 2.82 bits per heavy atom. The van der Waals surface area contributed by atoms with Crippen molar-refractivity contribution in [3.8, 4) is 0 Å². The fraction of sp³-hybridized carbons (Fsp3) is 0.429. The van der Waals surface area contributed by atoms with E-state index >= 15 is 0 Å². The minimum atomic E-state index is -0.190. The van der Waals surface area contributed by atoms with Crippen LogP contribution in [0.1, 0.15) is 34.6 Å². The molecule has 2 aromatic rings. The van der Waals surface area contributed by atoms with Gasteiger partial charge in [-0.15, -0.1) is 0 Å². The molecule has 2 bridgehead atoms. The number of carbonyl (C=O) groups excluding carboxylic acids is 2. The van der Waals surface area contributed by atoms with Crippen LogP contribution in [-0.2, 0) is 11.2 Å². The smallest absolute Gasteiger partial charge is 0.273 e. The first-order valence-electron chi connectivity index (χ1n) is 9.69. The highest BCUT2D eigenvalue weighted by molar-refractivity contribution is 5.96. The van der Waals surface area contributed by atoms with Gasteiger partial charge in [0.1, 0.15) is 18.1 Å². The molecule has 0 saturated carbocycles. The van der Waals surface area contributed by atoms with Gasteiger partial charge in [0.05, 0.1) is 0 Å². The number of amides is 2. The molecular weight excluding hydrogens is 354 g/mol. The number of carbonyl (C=O) groups is 2. The lowest BCUT2D eigenvalue weighted by molar-refractivity contribution is -0.130. The molecule has 0 radical (unpaired) electrons. The van der Waals surface area contributed by atoms with Gasteiger partial charge < -0.3 is 15.1 Å². The minimum Gasteiger partial charge on any atom is -0.368 e. The Morgan fingerprint density at radius 2 is 2.00 bits per heavy atom. The molecule has 0 aliphatic carbocycles. The third-order valence-corrected chi connectivity index (χ3v) is 4.92. The first-order chi connectivity index (χ1) is 13.5. The van der Waals surface area contributed by atoms with E-state index in [0.29, 0.717) is 25.3 Å². The Labute approximate surface area is 165 Å². The summed E-state index contributed by atoms with van der Waals surface area (Å²) in [4.78, 5) is 37.8. The van der Waals surface area contributed by atoms with Crippen molar-refractivity contribution < 1.29 is 9.59 Å². The van der Waals surface area contributed by atoms with E-state index in [1.807, 2.05) is 37.3 Å². The van der Waals surface area contributed by atoms with Crippen LogP contribution in [0.25, 0.3) is 0 Å². The van der Waals surface area contributed by atoms with E-state index in [9.17, 15) is 9.59 Å². The van der Waals surface area contributed by atoms with E-state index in [-0.39, 0.29) is 18.4 Å². The molecule has 2 amide bonds.